The molecular formula is C14H20BrNO2S. The van der Waals surface area contributed by atoms with Gasteiger partial charge in [0, 0.05) is 10.0 Å². The van der Waals surface area contributed by atoms with Crippen molar-refractivity contribution in [1.82, 2.24) is 4.72 Å². The summed E-state index contributed by atoms with van der Waals surface area (Å²) in [4.78, 5) is 0.408. The summed E-state index contributed by atoms with van der Waals surface area (Å²) in [5.74, 6) is 0. The van der Waals surface area contributed by atoms with Crippen molar-refractivity contribution in [2.45, 2.75) is 56.4 Å². The SMILES string of the molecule is CC(C)(C)NS(=O)(=O)c1ccc(Br)cc1C1(C)CC1. The topological polar surface area (TPSA) is 46.2 Å². The average molecular weight is 346 g/mol. The van der Waals surface area contributed by atoms with Crippen LogP contribution in [0.1, 0.15) is 46.1 Å². The van der Waals surface area contributed by atoms with Crippen molar-refractivity contribution in [2.24, 2.45) is 0 Å². The molecule has 1 aromatic carbocycles. The average Bonchev–Trinajstić information content (AvgIpc) is 2.93. The summed E-state index contributed by atoms with van der Waals surface area (Å²) in [6, 6.07) is 5.41. The monoisotopic (exact) mass is 345 g/mol. The maximum absolute atomic E-state index is 12.5. The van der Waals surface area contributed by atoms with Crippen molar-refractivity contribution in [3.63, 3.8) is 0 Å². The van der Waals surface area contributed by atoms with Crippen LogP contribution in [0.15, 0.2) is 27.6 Å². The second kappa shape index (κ2) is 4.57. The van der Waals surface area contributed by atoms with Gasteiger partial charge in [0.1, 0.15) is 0 Å². The predicted molar refractivity (Wildman–Crippen MR) is 80.8 cm³/mol. The molecule has 0 aliphatic heterocycles. The largest absolute Gasteiger partial charge is 0.241 e. The molecule has 1 saturated carbocycles. The van der Waals surface area contributed by atoms with Crippen LogP contribution in [0.2, 0.25) is 0 Å². The minimum Gasteiger partial charge on any atom is -0.207 e. The number of nitrogens with one attached hydrogen (secondary N) is 1. The standard InChI is InChI=1S/C14H20BrNO2S/c1-13(2,3)16-19(17,18)12-6-5-10(15)9-11(12)14(4)7-8-14/h5-6,9,16H,7-8H2,1-4H3. The zero-order valence-electron chi connectivity index (χ0n) is 11.7. The quantitative estimate of drug-likeness (QED) is 0.909. The normalized spacial score (nSPS) is 18.4. The molecule has 0 spiro atoms. The minimum absolute atomic E-state index is 0.00570. The van der Waals surface area contributed by atoms with Gasteiger partial charge in [-0.1, -0.05) is 22.9 Å². The Morgan fingerprint density at radius 1 is 1.26 bits per heavy atom. The summed E-state index contributed by atoms with van der Waals surface area (Å²) in [6.45, 7) is 7.66. The number of hydrogen-bond acceptors (Lipinski definition) is 2. The van der Waals surface area contributed by atoms with Crippen LogP contribution in [0.3, 0.4) is 0 Å². The van der Waals surface area contributed by atoms with Gasteiger partial charge in [-0.3, -0.25) is 0 Å². The van der Waals surface area contributed by atoms with Crippen molar-refractivity contribution in [3.8, 4) is 0 Å². The van der Waals surface area contributed by atoms with Crippen LogP contribution in [0.5, 0.6) is 0 Å². The number of halogens is 1. The lowest BCUT2D eigenvalue weighted by Crippen LogP contribution is -2.41. The fourth-order valence-electron chi connectivity index (χ4n) is 2.12. The molecule has 1 aliphatic carbocycles. The molecule has 1 N–H and O–H groups in total. The first-order valence-electron chi connectivity index (χ1n) is 6.38. The number of rotatable bonds is 3. The van der Waals surface area contributed by atoms with Gasteiger partial charge in [-0.25, -0.2) is 13.1 Å². The van der Waals surface area contributed by atoms with Crippen molar-refractivity contribution in [1.29, 1.82) is 0 Å². The first kappa shape index (κ1) is 15.0. The van der Waals surface area contributed by atoms with Crippen LogP contribution >= 0.6 is 15.9 Å². The molecule has 1 aliphatic rings. The summed E-state index contributed by atoms with van der Waals surface area (Å²) >= 11 is 3.43. The number of hydrogen-bond donors (Lipinski definition) is 1. The van der Waals surface area contributed by atoms with Gasteiger partial charge in [0.05, 0.1) is 4.90 Å². The molecule has 0 atom stereocenters. The van der Waals surface area contributed by atoms with E-state index in [2.05, 4.69) is 27.6 Å². The Balaban J connectivity index is 2.51. The van der Waals surface area contributed by atoms with Crippen LogP contribution in [0.25, 0.3) is 0 Å². The van der Waals surface area contributed by atoms with E-state index in [1.807, 2.05) is 26.8 Å². The van der Waals surface area contributed by atoms with Gasteiger partial charge >= 0.3 is 0 Å². The summed E-state index contributed by atoms with van der Waals surface area (Å²) in [6.07, 6.45) is 2.09. The van der Waals surface area contributed by atoms with Gasteiger partial charge in [-0.05, 0) is 62.8 Å². The Kier molecular flexibility index (Phi) is 3.61. The highest BCUT2D eigenvalue weighted by atomic mass is 79.9. The highest BCUT2D eigenvalue weighted by molar-refractivity contribution is 9.10. The second-order valence-electron chi connectivity index (χ2n) is 6.56. The maximum atomic E-state index is 12.5. The summed E-state index contributed by atoms with van der Waals surface area (Å²) < 4.78 is 28.7. The highest BCUT2D eigenvalue weighted by Gasteiger charge is 2.43. The Labute approximate surface area is 124 Å². The molecule has 0 bridgehead atoms. The van der Waals surface area contributed by atoms with E-state index in [9.17, 15) is 8.42 Å². The van der Waals surface area contributed by atoms with E-state index >= 15 is 0 Å². The Morgan fingerprint density at radius 3 is 2.32 bits per heavy atom. The Morgan fingerprint density at radius 2 is 1.84 bits per heavy atom. The molecule has 106 valence electrons. The van der Waals surface area contributed by atoms with E-state index in [0.29, 0.717) is 4.90 Å². The van der Waals surface area contributed by atoms with Crippen molar-refractivity contribution in [2.75, 3.05) is 0 Å². The van der Waals surface area contributed by atoms with Gasteiger partial charge in [0.25, 0.3) is 0 Å². The molecule has 0 saturated heterocycles. The lowest BCUT2D eigenvalue weighted by molar-refractivity contribution is 0.490. The fraction of sp³-hybridized carbons (Fsp3) is 0.571. The molecule has 0 radical (unpaired) electrons. The van der Waals surface area contributed by atoms with E-state index in [0.717, 1.165) is 22.9 Å². The third-order valence-corrected chi connectivity index (χ3v) is 5.63. The smallest absolute Gasteiger partial charge is 0.207 e. The number of benzene rings is 1. The zero-order valence-corrected chi connectivity index (χ0v) is 14.2. The summed E-state index contributed by atoms with van der Waals surface area (Å²) in [7, 11) is -3.48. The van der Waals surface area contributed by atoms with Crippen molar-refractivity contribution in [3.05, 3.63) is 28.2 Å². The van der Waals surface area contributed by atoms with Gasteiger partial charge in [0.15, 0.2) is 0 Å². The van der Waals surface area contributed by atoms with Gasteiger partial charge in [0.2, 0.25) is 10.0 Å². The molecule has 2 rings (SSSR count). The van der Waals surface area contributed by atoms with Crippen LogP contribution in [0.4, 0.5) is 0 Å². The molecule has 0 aromatic heterocycles. The van der Waals surface area contributed by atoms with Gasteiger partial charge in [-0.15, -0.1) is 0 Å². The first-order valence-corrected chi connectivity index (χ1v) is 8.65. The van der Waals surface area contributed by atoms with Crippen LogP contribution in [-0.2, 0) is 15.4 Å². The van der Waals surface area contributed by atoms with Crippen LogP contribution < -0.4 is 4.72 Å². The predicted octanol–water partition coefficient (Wildman–Crippen LogP) is 3.58. The Hall–Kier alpha value is -0.390. The second-order valence-corrected chi connectivity index (χ2v) is 9.12. The zero-order chi connectivity index (χ0) is 14.5. The molecule has 1 fully saturated rings. The highest BCUT2D eigenvalue weighted by Crippen LogP contribution is 2.50. The molecule has 0 unspecified atom stereocenters. The molecule has 19 heavy (non-hydrogen) atoms. The van der Waals surface area contributed by atoms with Crippen LogP contribution in [0, 0.1) is 0 Å². The summed E-state index contributed by atoms with van der Waals surface area (Å²) in [5, 5.41) is 0. The van der Waals surface area contributed by atoms with Crippen molar-refractivity contribution < 1.29 is 8.42 Å². The molecule has 3 nitrogen and oxygen atoms in total. The third-order valence-electron chi connectivity index (χ3n) is 3.32. The summed E-state index contributed by atoms with van der Waals surface area (Å²) in [5.41, 5.74) is 0.443. The maximum Gasteiger partial charge on any atom is 0.241 e. The van der Waals surface area contributed by atoms with Gasteiger partial charge in [-0.2, -0.15) is 0 Å². The first-order chi connectivity index (χ1) is 8.54. The van der Waals surface area contributed by atoms with E-state index in [-0.39, 0.29) is 5.41 Å². The molecule has 1 aromatic rings. The molecule has 0 amide bonds. The van der Waals surface area contributed by atoms with E-state index < -0.39 is 15.6 Å². The van der Waals surface area contributed by atoms with Crippen LogP contribution in [-0.4, -0.2) is 14.0 Å². The van der Waals surface area contributed by atoms with Gasteiger partial charge < -0.3 is 0 Å². The molecule has 0 heterocycles. The molecule has 5 heteroatoms. The van der Waals surface area contributed by atoms with E-state index in [1.54, 1.807) is 12.1 Å². The Bertz CT molecular complexity index is 598. The lowest BCUT2D eigenvalue weighted by atomic mass is 9.99. The third kappa shape index (κ3) is 3.38. The van der Waals surface area contributed by atoms with E-state index in [4.69, 9.17) is 0 Å². The number of sulfonamides is 1. The molecular weight excluding hydrogens is 326 g/mol. The van der Waals surface area contributed by atoms with Crippen molar-refractivity contribution >= 4 is 26.0 Å². The fourth-order valence-corrected chi connectivity index (χ4v) is 4.24. The van der Waals surface area contributed by atoms with E-state index in [1.165, 1.54) is 0 Å². The minimum atomic E-state index is -3.48. The lowest BCUT2D eigenvalue weighted by Gasteiger charge is -2.23.